The minimum atomic E-state index is -0.839. The Labute approximate surface area is 459 Å². The van der Waals surface area contributed by atoms with Crippen molar-refractivity contribution in [3.63, 3.8) is 0 Å². The highest BCUT2D eigenvalue weighted by Gasteiger charge is 2.19. The molecule has 0 radical (unpaired) electrons. The van der Waals surface area contributed by atoms with E-state index in [0.717, 1.165) is 167 Å². The zero-order valence-corrected chi connectivity index (χ0v) is 47.5. The van der Waals surface area contributed by atoms with Crippen LogP contribution >= 0.6 is 0 Å². The van der Waals surface area contributed by atoms with Crippen LogP contribution in [0.3, 0.4) is 0 Å². The van der Waals surface area contributed by atoms with Gasteiger partial charge in [0.05, 0.1) is 0 Å². The van der Waals surface area contributed by atoms with E-state index in [-0.39, 0.29) is 44.0 Å². The van der Waals surface area contributed by atoms with Gasteiger partial charge >= 0.3 is 17.9 Å². The average Bonchev–Trinajstić information content (AvgIpc) is 3.41. The van der Waals surface area contributed by atoms with Crippen LogP contribution in [-0.4, -0.2) is 37.2 Å². The van der Waals surface area contributed by atoms with Gasteiger partial charge in [0, 0.05) is 19.3 Å². The van der Waals surface area contributed by atoms with E-state index in [9.17, 15) is 14.4 Å². The standard InChI is InChI=1S/C69H104O6/c1-4-7-10-13-16-19-22-25-27-29-30-31-32-33-34-35-36-37-38-40-41-44-47-50-53-56-59-62-68(71)74-65-66(64-73-67(70)61-58-55-52-49-46-43-24-21-18-15-12-9-6-3)75-69(72)63-60-57-54-51-48-45-42-39-28-26-23-20-17-14-11-8-5-2/h7-12,16-21,25-28,30-31,33-34,36-37,40-43,45-46,52,55,66H,4-6,13-15,22-24,29,32,35,38-39,44,47-51,53-54,56-65H2,1-3H3/b10-7-,11-8-,12-9-,19-16-,20-17-,21-18-,27-25-,28-26-,31-30-,34-33-,37-36-,41-40-,45-42-,46-43-,55-52-. The summed E-state index contributed by atoms with van der Waals surface area (Å²) in [6.07, 6.45) is 91.9. The molecule has 1 unspecified atom stereocenters. The number of carbonyl (C=O) groups excluding carboxylic acids is 3. The second-order valence-electron chi connectivity index (χ2n) is 18.4. The van der Waals surface area contributed by atoms with Crippen LogP contribution in [0.25, 0.3) is 0 Å². The molecule has 0 spiro atoms. The van der Waals surface area contributed by atoms with Gasteiger partial charge in [0.1, 0.15) is 13.2 Å². The molecule has 0 aromatic rings. The lowest BCUT2D eigenvalue weighted by Crippen LogP contribution is -2.30. The molecule has 1 atom stereocenters. The second-order valence-corrected chi connectivity index (χ2v) is 18.4. The van der Waals surface area contributed by atoms with E-state index in [1.165, 1.54) is 0 Å². The van der Waals surface area contributed by atoms with E-state index in [1.54, 1.807) is 0 Å². The fourth-order valence-corrected chi connectivity index (χ4v) is 7.13. The summed E-state index contributed by atoms with van der Waals surface area (Å²) in [6.45, 7) is 6.17. The Morgan fingerprint density at radius 3 is 0.827 bits per heavy atom. The van der Waals surface area contributed by atoms with Crippen LogP contribution in [-0.2, 0) is 28.6 Å². The third kappa shape index (κ3) is 59.3. The highest BCUT2D eigenvalue weighted by atomic mass is 16.6. The molecule has 0 saturated heterocycles. The van der Waals surface area contributed by atoms with E-state index in [0.29, 0.717) is 12.8 Å². The van der Waals surface area contributed by atoms with Gasteiger partial charge in [-0.05, 0) is 141 Å². The quantitative estimate of drug-likeness (QED) is 0.0261. The fourth-order valence-electron chi connectivity index (χ4n) is 7.13. The summed E-state index contributed by atoms with van der Waals surface area (Å²) in [5.74, 6) is -1.07. The first-order valence-electron chi connectivity index (χ1n) is 29.3. The first-order chi connectivity index (χ1) is 37.0. The van der Waals surface area contributed by atoms with Crippen LogP contribution in [0.2, 0.25) is 0 Å². The summed E-state index contributed by atoms with van der Waals surface area (Å²) in [7, 11) is 0. The topological polar surface area (TPSA) is 78.9 Å². The van der Waals surface area contributed by atoms with E-state index < -0.39 is 6.10 Å². The van der Waals surface area contributed by atoms with Crippen LogP contribution in [0.15, 0.2) is 182 Å². The third-order valence-corrected chi connectivity index (χ3v) is 11.4. The zero-order valence-electron chi connectivity index (χ0n) is 47.5. The van der Waals surface area contributed by atoms with E-state index in [1.807, 2.05) is 12.2 Å². The van der Waals surface area contributed by atoms with Gasteiger partial charge in [0.25, 0.3) is 0 Å². The normalized spacial score (nSPS) is 13.5. The summed E-state index contributed by atoms with van der Waals surface area (Å²) in [5, 5.41) is 0. The molecule has 6 heteroatoms. The molecular weight excluding hydrogens is 925 g/mol. The average molecular weight is 1030 g/mol. The molecule has 75 heavy (non-hydrogen) atoms. The van der Waals surface area contributed by atoms with Gasteiger partial charge in [-0.25, -0.2) is 0 Å². The van der Waals surface area contributed by atoms with Crippen molar-refractivity contribution in [3.05, 3.63) is 182 Å². The molecule has 0 rings (SSSR count). The minimum Gasteiger partial charge on any atom is -0.462 e. The molecule has 0 aromatic heterocycles. The van der Waals surface area contributed by atoms with Gasteiger partial charge in [0.2, 0.25) is 0 Å². The number of allylic oxidation sites excluding steroid dienone is 30. The maximum atomic E-state index is 12.9. The van der Waals surface area contributed by atoms with Crippen molar-refractivity contribution in [2.75, 3.05) is 13.2 Å². The van der Waals surface area contributed by atoms with Crippen molar-refractivity contribution in [2.45, 2.75) is 219 Å². The lowest BCUT2D eigenvalue weighted by molar-refractivity contribution is -0.166. The predicted molar refractivity (Wildman–Crippen MR) is 324 cm³/mol. The van der Waals surface area contributed by atoms with Crippen LogP contribution in [0, 0.1) is 0 Å². The molecule has 416 valence electrons. The van der Waals surface area contributed by atoms with Gasteiger partial charge in [0.15, 0.2) is 6.10 Å². The highest BCUT2D eigenvalue weighted by molar-refractivity contribution is 5.71. The molecule has 0 N–H and O–H groups in total. The smallest absolute Gasteiger partial charge is 0.306 e. The molecule has 0 aromatic carbocycles. The molecule has 0 amide bonds. The Balaban J connectivity index is 4.50. The summed E-state index contributed by atoms with van der Waals surface area (Å²) in [4.78, 5) is 38.1. The van der Waals surface area contributed by atoms with Crippen molar-refractivity contribution in [2.24, 2.45) is 0 Å². The molecule has 6 nitrogen and oxygen atoms in total. The van der Waals surface area contributed by atoms with Crippen LogP contribution in [0.1, 0.15) is 213 Å². The molecule has 0 aliphatic rings. The van der Waals surface area contributed by atoms with Crippen LogP contribution < -0.4 is 0 Å². The predicted octanol–water partition coefficient (Wildman–Crippen LogP) is 20.1. The van der Waals surface area contributed by atoms with Gasteiger partial charge < -0.3 is 14.2 Å². The minimum absolute atomic E-state index is 0.130. The largest absolute Gasteiger partial charge is 0.462 e. The molecule has 0 aliphatic heterocycles. The summed E-state index contributed by atoms with van der Waals surface area (Å²) in [6, 6.07) is 0. The SMILES string of the molecule is CC/C=C\C/C=C\C/C=C\C/C=C\C/C=C\C/C=C\C/C=C\CCCCCCCC(=O)OCC(COC(=O)CC/C=C\C/C=C\C/C=C\C/C=C\CC)OC(=O)CCCCCC/C=C\C/C=C\C/C=C\C/C=C\CC. The molecular formula is C69H104O6. The summed E-state index contributed by atoms with van der Waals surface area (Å²) < 4.78 is 16.7. The number of esters is 3. The number of rotatable bonds is 50. The Morgan fingerprint density at radius 1 is 0.267 bits per heavy atom. The number of unbranched alkanes of at least 4 members (excludes halogenated alkanes) is 9. The van der Waals surface area contributed by atoms with E-state index in [2.05, 4.69) is 191 Å². The maximum absolute atomic E-state index is 12.9. The molecule has 0 heterocycles. The molecule has 0 fully saturated rings. The maximum Gasteiger partial charge on any atom is 0.306 e. The number of hydrogen-bond acceptors (Lipinski definition) is 6. The van der Waals surface area contributed by atoms with Gasteiger partial charge in [-0.3, -0.25) is 14.4 Å². The summed E-state index contributed by atoms with van der Waals surface area (Å²) in [5.41, 5.74) is 0. The lowest BCUT2D eigenvalue weighted by Gasteiger charge is -2.18. The van der Waals surface area contributed by atoms with Crippen LogP contribution in [0.5, 0.6) is 0 Å². The first-order valence-corrected chi connectivity index (χ1v) is 29.3. The number of ether oxygens (including phenoxy) is 3. The van der Waals surface area contributed by atoms with E-state index >= 15 is 0 Å². The van der Waals surface area contributed by atoms with Gasteiger partial charge in [-0.2, -0.15) is 0 Å². The van der Waals surface area contributed by atoms with E-state index in [4.69, 9.17) is 14.2 Å². The highest BCUT2D eigenvalue weighted by Crippen LogP contribution is 2.12. The molecule has 0 saturated carbocycles. The Bertz CT molecular complexity index is 1800. The molecule has 0 bridgehead atoms. The van der Waals surface area contributed by atoms with Gasteiger partial charge in [-0.15, -0.1) is 0 Å². The van der Waals surface area contributed by atoms with Crippen molar-refractivity contribution in [1.29, 1.82) is 0 Å². The Morgan fingerprint density at radius 2 is 0.507 bits per heavy atom. The second kappa shape index (κ2) is 61.1. The van der Waals surface area contributed by atoms with Crippen molar-refractivity contribution < 1.29 is 28.6 Å². The Hall–Kier alpha value is -5.49. The summed E-state index contributed by atoms with van der Waals surface area (Å²) >= 11 is 0. The zero-order chi connectivity index (χ0) is 54.3. The fraction of sp³-hybridized carbons (Fsp3) is 0.522. The van der Waals surface area contributed by atoms with Gasteiger partial charge in [-0.1, -0.05) is 235 Å². The first kappa shape index (κ1) is 69.5. The third-order valence-electron chi connectivity index (χ3n) is 11.4. The monoisotopic (exact) mass is 1030 g/mol. The number of carbonyl (C=O) groups is 3. The van der Waals surface area contributed by atoms with Crippen LogP contribution in [0.4, 0.5) is 0 Å². The van der Waals surface area contributed by atoms with Crippen molar-refractivity contribution in [3.8, 4) is 0 Å². The Kier molecular flexibility index (Phi) is 56.6. The lowest BCUT2D eigenvalue weighted by atomic mass is 10.1. The van der Waals surface area contributed by atoms with Crippen molar-refractivity contribution in [1.82, 2.24) is 0 Å². The number of hydrogen-bond donors (Lipinski definition) is 0. The van der Waals surface area contributed by atoms with Crippen molar-refractivity contribution >= 4 is 17.9 Å². The molecule has 0 aliphatic carbocycles.